The highest BCUT2D eigenvalue weighted by Crippen LogP contribution is 2.30. The Morgan fingerprint density at radius 1 is 1.53 bits per heavy atom. The smallest absolute Gasteiger partial charge is 0.315 e. The second-order valence-corrected chi connectivity index (χ2v) is 5.97. The molecule has 2 heterocycles. The van der Waals surface area contributed by atoms with Gasteiger partial charge in [-0.1, -0.05) is 11.6 Å². The van der Waals surface area contributed by atoms with Crippen molar-refractivity contribution in [1.82, 2.24) is 4.90 Å². The highest BCUT2D eigenvalue weighted by Gasteiger charge is 2.27. The van der Waals surface area contributed by atoms with Crippen LogP contribution in [0.5, 0.6) is 0 Å². The van der Waals surface area contributed by atoms with Crippen molar-refractivity contribution < 1.29 is 9.53 Å². The Morgan fingerprint density at radius 3 is 2.76 bits per heavy atom. The minimum absolute atomic E-state index is 0.171. The van der Waals surface area contributed by atoms with Crippen molar-refractivity contribution in [2.45, 2.75) is 18.8 Å². The molecule has 1 fully saturated rings. The Balaban J connectivity index is 2.10. The lowest BCUT2D eigenvalue weighted by atomic mass is 10.1. The Labute approximate surface area is 110 Å². The normalized spacial score (nSPS) is 18.2. The molecule has 0 aliphatic carbocycles. The first kappa shape index (κ1) is 12.9. The van der Waals surface area contributed by atoms with Crippen LogP contribution in [0.4, 0.5) is 0 Å². The third-order valence-corrected chi connectivity index (χ3v) is 4.41. The van der Waals surface area contributed by atoms with E-state index in [1.165, 1.54) is 31.3 Å². The van der Waals surface area contributed by atoms with Gasteiger partial charge < -0.3 is 9.64 Å². The van der Waals surface area contributed by atoms with Gasteiger partial charge in [0.1, 0.15) is 5.92 Å². The van der Waals surface area contributed by atoms with Crippen molar-refractivity contribution in [3.8, 4) is 0 Å². The molecule has 0 amide bonds. The Morgan fingerprint density at radius 2 is 2.24 bits per heavy atom. The number of rotatable bonds is 4. The molecule has 94 valence electrons. The summed E-state index contributed by atoms with van der Waals surface area (Å²) in [6, 6.07) is 3.76. The molecular formula is C12H16ClNO2S. The molecule has 0 saturated carbocycles. The van der Waals surface area contributed by atoms with Gasteiger partial charge >= 0.3 is 5.97 Å². The van der Waals surface area contributed by atoms with E-state index < -0.39 is 0 Å². The highest BCUT2D eigenvalue weighted by atomic mass is 35.5. The highest BCUT2D eigenvalue weighted by molar-refractivity contribution is 7.16. The second kappa shape index (κ2) is 5.85. The van der Waals surface area contributed by atoms with Crippen molar-refractivity contribution in [2.24, 2.45) is 0 Å². The zero-order valence-corrected chi connectivity index (χ0v) is 11.4. The summed E-state index contributed by atoms with van der Waals surface area (Å²) in [7, 11) is 1.44. The van der Waals surface area contributed by atoms with Crippen LogP contribution in [0, 0.1) is 0 Å². The summed E-state index contributed by atoms with van der Waals surface area (Å²) in [4.78, 5) is 15.1. The van der Waals surface area contributed by atoms with Gasteiger partial charge in [0.25, 0.3) is 0 Å². The minimum atomic E-state index is -0.199. The molecule has 1 aromatic rings. The third-order valence-electron chi connectivity index (χ3n) is 3.06. The van der Waals surface area contributed by atoms with E-state index in [4.69, 9.17) is 16.3 Å². The van der Waals surface area contributed by atoms with Crippen molar-refractivity contribution in [2.75, 3.05) is 26.7 Å². The number of ether oxygens (including phenoxy) is 1. The molecule has 0 bridgehead atoms. The lowest BCUT2D eigenvalue weighted by molar-refractivity contribution is -0.142. The van der Waals surface area contributed by atoms with Crippen LogP contribution in [0.15, 0.2) is 12.1 Å². The number of halogens is 1. The van der Waals surface area contributed by atoms with Gasteiger partial charge in [-0.3, -0.25) is 4.79 Å². The molecule has 3 nitrogen and oxygen atoms in total. The monoisotopic (exact) mass is 273 g/mol. The summed E-state index contributed by atoms with van der Waals surface area (Å²) >= 11 is 7.38. The fraction of sp³-hybridized carbons (Fsp3) is 0.583. The molecule has 1 atom stereocenters. The number of hydrogen-bond donors (Lipinski definition) is 0. The zero-order chi connectivity index (χ0) is 12.3. The van der Waals surface area contributed by atoms with E-state index in [2.05, 4.69) is 4.90 Å². The average Bonchev–Trinajstić information content (AvgIpc) is 2.96. The summed E-state index contributed by atoms with van der Waals surface area (Å²) < 4.78 is 5.60. The maximum atomic E-state index is 11.8. The standard InChI is InChI=1S/C12H16ClNO2S/c1-16-12(15)9(8-14-6-2-3-7-14)10-4-5-11(13)17-10/h4-5,9H,2-3,6-8H2,1H3. The number of carbonyl (C=O) groups excluding carboxylic acids is 1. The molecule has 0 radical (unpaired) electrons. The lowest BCUT2D eigenvalue weighted by Crippen LogP contribution is -2.30. The topological polar surface area (TPSA) is 29.5 Å². The van der Waals surface area contributed by atoms with Gasteiger partial charge in [-0.15, -0.1) is 11.3 Å². The molecule has 1 unspecified atom stereocenters. The van der Waals surface area contributed by atoms with Crippen LogP contribution in [-0.2, 0) is 9.53 Å². The van der Waals surface area contributed by atoms with Gasteiger partial charge in [-0.2, -0.15) is 0 Å². The van der Waals surface area contributed by atoms with Gasteiger partial charge in [0.05, 0.1) is 11.4 Å². The quantitative estimate of drug-likeness (QED) is 0.790. The van der Waals surface area contributed by atoms with E-state index in [1.807, 2.05) is 12.1 Å². The fourth-order valence-corrected chi connectivity index (χ4v) is 3.30. The summed E-state index contributed by atoms with van der Waals surface area (Å²) in [5.41, 5.74) is 0. The molecule has 1 saturated heterocycles. The first-order chi connectivity index (χ1) is 8.20. The average molecular weight is 274 g/mol. The molecule has 0 N–H and O–H groups in total. The molecule has 5 heteroatoms. The summed E-state index contributed by atoms with van der Waals surface area (Å²) in [6.07, 6.45) is 2.44. The maximum absolute atomic E-state index is 11.8. The van der Waals surface area contributed by atoms with Gasteiger partial charge in [-0.25, -0.2) is 0 Å². The molecule has 1 aliphatic heterocycles. The van der Waals surface area contributed by atoms with Gasteiger partial charge in [0.2, 0.25) is 0 Å². The summed E-state index contributed by atoms with van der Waals surface area (Å²) in [5.74, 6) is -0.369. The Hall–Kier alpha value is -0.580. The van der Waals surface area contributed by atoms with Gasteiger partial charge in [-0.05, 0) is 38.1 Å². The van der Waals surface area contributed by atoms with Crippen LogP contribution in [0.3, 0.4) is 0 Å². The number of hydrogen-bond acceptors (Lipinski definition) is 4. The molecule has 0 spiro atoms. The number of esters is 1. The number of methoxy groups -OCH3 is 1. The summed E-state index contributed by atoms with van der Waals surface area (Å²) in [6.45, 7) is 2.89. The van der Waals surface area contributed by atoms with E-state index in [-0.39, 0.29) is 11.9 Å². The number of thiophene rings is 1. The van der Waals surface area contributed by atoms with Crippen LogP contribution in [0.2, 0.25) is 4.34 Å². The predicted octanol–water partition coefficient (Wildman–Crippen LogP) is 2.75. The van der Waals surface area contributed by atoms with Crippen molar-refractivity contribution >= 4 is 28.9 Å². The van der Waals surface area contributed by atoms with Crippen molar-refractivity contribution in [3.63, 3.8) is 0 Å². The fourth-order valence-electron chi connectivity index (χ4n) is 2.16. The second-order valence-electron chi connectivity index (χ2n) is 4.23. The lowest BCUT2D eigenvalue weighted by Gasteiger charge is -2.20. The molecule has 0 aromatic carbocycles. The first-order valence-electron chi connectivity index (χ1n) is 5.76. The first-order valence-corrected chi connectivity index (χ1v) is 6.95. The SMILES string of the molecule is COC(=O)C(CN1CCCC1)c1ccc(Cl)s1. The van der Waals surface area contributed by atoms with Crippen molar-refractivity contribution in [3.05, 3.63) is 21.3 Å². The van der Waals surface area contributed by atoms with E-state index >= 15 is 0 Å². The van der Waals surface area contributed by atoms with Gasteiger partial charge in [0.15, 0.2) is 0 Å². The van der Waals surface area contributed by atoms with Gasteiger partial charge in [0, 0.05) is 11.4 Å². The van der Waals surface area contributed by atoms with Crippen LogP contribution < -0.4 is 0 Å². The van der Waals surface area contributed by atoms with E-state index in [9.17, 15) is 4.79 Å². The van der Waals surface area contributed by atoms with Crippen LogP contribution in [0.25, 0.3) is 0 Å². The molecule has 2 rings (SSSR count). The predicted molar refractivity (Wildman–Crippen MR) is 69.8 cm³/mol. The van der Waals surface area contributed by atoms with Crippen molar-refractivity contribution in [1.29, 1.82) is 0 Å². The van der Waals surface area contributed by atoms with E-state index in [1.54, 1.807) is 0 Å². The van der Waals surface area contributed by atoms with Crippen LogP contribution >= 0.6 is 22.9 Å². The summed E-state index contributed by atoms with van der Waals surface area (Å²) in [5, 5.41) is 0. The largest absolute Gasteiger partial charge is 0.468 e. The third kappa shape index (κ3) is 3.21. The Bertz CT molecular complexity index is 388. The van der Waals surface area contributed by atoms with E-state index in [0.29, 0.717) is 0 Å². The van der Waals surface area contributed by atoms with Crippen LogP contribution in [0.1, 0.15) is 23.6 Å². The molecule has 17 heavy (non-hydrogen) atoms. The zero-order valence-electron chi connectivity index (χ0n) is 9.82. The Kier molecular flexibility index (Phi) is 4.42. The number of likely N-dealkylation sites (tertiary alicyclic amines) is 1. The maximum Gasteiger partial charge on any atom is 0.315 e. The molecule has 1 aromatic heterocycles. The van der Waals surface area contributed by atoms with Crippen LogP contribution in [-0.4, -0.2) is 37.6 Å². The van der Waals surface area contributed by atoms with E-state index in [0.717, 1.165) is 28.8 Å². The molecule has 1 aliphatic rings. The number of carbonyl (C=O) groups is 1. The number of nitrogens with zero attached hydrogens (tertiary/aromatic N) is 1. The molecular weight excluding hydrogens is 258 g/mol. The minimum Gasteiger partial charge on any atom is -0.468 e.